The lowest BCUT2D eigenvalue weighted by atomic mass is 10.1. The average molecular weight is 207 g/mol. The highest BCUT2D eigenvalue weighted by Crippen LogP contribution is 2.20. The second kappa shape index (κ2) is 5.17. The maximum atomic E-state index is 5.51. The molecule has 0 amide bonds. The van der Waals surface area contributed by atoms with Crippen LogP contribution in [0, 0.1) is 13.8 Å². The molecule has 0 saturated heterocycles. The van der Waals surface area contributed by atoms with Crippen molar-refractivity contribution in [2.24, 2.45) is 0 Å². The SMILES string of the molecule is CC(C)=CCNC(C)c1cc(C)oc1C. The molecule has 1 aromatic rings. The predicted molar refractivity (Wildman–Crippen MR) is 64.0 cm³/mol. The number of furan rings is 1. The molecule has 84 valence electrons. The van der Waals surface area contributed by atoms with E-state index in [0.29, 0.717) is 6.04 Å². The fourth-order valence-electron chi connectivity index (χ4n) is 1.63. The Kier molecular flexibility index (Phi) is 4.15. The van der Waals surface area contributed by atoms with Crippen molar-refractivity contribution in [2.75, 3.05) is 6.54 Å². The summed E-state index contributed by atoms with van der Waals surface area (Å²) in [6.07, 6.45) is 2.19. The summed E-state index contributed by atoms with van der Waals surface area (Å²) in [7, 11) is 0. The van der Waals surface area contributed by atoms with E-state index in [4.69, 9.17) is 4.42 Å². The normalized spacial score (nSPS) is 12.6. The van der Waals surface area contributed by atoms with E-state index in [1.165, 1.54) is 11.1 Å². The van der Waals surface area contributed by atoms with Crippen molar-refractivity contribution in [1.82, 2.24) is 5.32 Å². The fraction of sp³-hybridized carbons (Fsp3) is 0.538. The van der Waals surface area contributed by atoms with Gasteiger partial charge in [0.1, 0.15) is 11.5 Å². The first-order valence-electron chi connectivity index (χ1n) is 5.44. The van der Waals surface area contributed by atoms with Crippen molar-refractivity contribution >= 4 is 0 Å². The number of hydrogen-bond donors (Lipinski definition) is 1. The van der Waals surface area contributed by atoms with Crippen molar-refractivity contribution in [3.05, 3.63) is 34.8 Å². The van der Waals surface area contributed by atoms with Crippen molar-refractivity contribution in [3.63, 3.8) is 0 Å². The number of aryl methyl sites for hydroxylation is 2. The molecule has 1 rings (SSSR count). The molecule has 2 heteroatoms. The van der Waals surface area contributed by atoms with Gasteiger partial charge in [-0.05, 0) is 40.7 Å². The molecule has 0 spiro atoms. The van der Waals surface area contributed by atoms with Crippen molar-refractivity contribution < 1.29 is 4.42 Å². The van der Waals surface area contributed by atoms with E-state index in [1.54, 1.807) is 0 Å². The Labute approximate surface area is 92.4 Å². The topological polar surface area (TPSA) is 25.2 Å². The third-order valence-electron chi connectivity index (χ3n) is 2.48. The van der Waals surface area contributed by atoms with Gasteiger partial charge >= 0.3 is 0 Å². The molecule has 15 heavy (non-hydrogen) atoms. The van der Waals surface area contributed by atoms with Gasteiger partial charge in [-0.15, -0.1) is 0 Å². The van der Waals surface area contributed by atoms with Gasteiger partial charge in [-0.2, -0.15) is 0 Å². The van der Waals surface area contributed by atoms with E-state index in [0.717, 1.165) is 18.1 Å². The molecule has 2 nitrogen and oxygen atoms in total. The summed E-state index contributed by atoms with van der Waals surface area (Å²) in [6.45, 7) is 11.3. The second-order valence-electron chi connectivity index (χ2n) is 4.28. The molecule has 0 saturated carbocycles. The summed E-state index contributed by atoms with van der Waals surface area (Å²) < 4.78 is 5.51. The summed E-state index contributed by atoms with van der Waals surface area (Å²) in [5.41, 5.74) is 2.60. The Bertz CT molecular complexity index is 345. The highest BCUT2D eigenvalue weighted by molar-refractivity contribution is 5.23. The largest absolute Gasteiger partial charge is 0.466 e. The number of hydrogen-bond acceptors (Lipinski definition) is 2. The quantitative estimate of drug-likeness (QED) is 0.764. The molecule has 1 heterocycles. The lowest BCUT2D eigenvalue weighted by Gasteiger charge is -2.11. The van der Waals surface area contributed by atoms with E-state index in [2.05, 4.69) is 38.2 Å². The Morgan fingerprint density at radius 3 is 2.60 bits per heavy atom. The second-order valence-corrected chi connectivity index (χ2v) is 4.28. The smallest absolute Gasteiger partial charge is 0.105 e. The molecule has 0 bridgehead atoms. The third kappa shape index (κ3) is 3.56. The van der Waals surface area contributed by atoms with Crippen LogP contribution in [0.2, 0.25) is 0 Å². The summed E-state index contributed by atoms with van der Waals surface area (Å²) in [4.78, 5) is 0. The van der Waals surface area contributed by atoms with E-state index < -0.39 is 0 Å². The fourth-order valence-corrected chi connectivity index (χ4v) is 1.63. The lowest BCUT2D eigenvalue weighted by Crippen LogP contribution is -2.18. The Morgan fingerprint density at radius 2 is 2.13 bits per heavy atom. The van der Waals surface area contributed by atoms with Crippen LogP contribution < -0.4 is 5.32 Å². The highest BCUT2D eigenvalue weighted by atomic mass is 16.3. The van der Waals surface area contributed by atoms with Gasteiger partial charge in [0.25, 0.3) is 0 Å². The van der Waals surface area contributed by atoms with Crippen LogP contribution in [0.3, 0.4) is 0 Å². The van der Waals surface area contributed by atoms with Crippen LogP contribution in [0.1, 0.15) is 43.9 Å². The third-order valence-corrected chi connectivity index (χ3v) is 2.48. The maximum absolute atomic E-state index is 5.51. The molecule has 1 atom stereocenters. The average Bonchev–Trinajstić information content (AvgIpc) is 2.44. The summed E-state index contributed by atoms with van der Waals surface area (Å²) >= 11 is 0. The van der Waals surface area contributed by atoms with E-state index in [-0.39, 0.29) is 0 Å². The van der Waals surface area contributed by atoms with Gasteiger partial charge < -0.3 is 9.73 Å². The minimum absolute atomic E-state index is 0.345. The molecular weight excluding hydrogens is 186 g/mol. The highest BCUT2D eigenvalue weighted by Gasteiger charge is 2.10. The molecule has 1 N–H and O–H groups in total. The first kappa shape index (κ1) is 12.1. The van der Waals surface area contributed by atoms with Gasteiger partial charge in [0.05, 0.1) is 0 Å². The molecule has 1 unspecified atom stereocenters. The van der Waals surface area contributed by atoms with Crippen molar-refractivity contribution in [1.29, 1.82) is 0 Å². The standard InChI is InChI=1S/C13H21NO/c1-9(2)6-7-14-11(4)13-8-10(3)15-12(13)5/h6,8,11,14H,7H2,1-5H3. The summed E-state index contributed by atoms with van der Waals surface area (Å²) in [5, 5.41) is 3.45. The van der Waals surface area contributed by atoms with Crippen molar-refractivity contribution in [2.45, 2.75) is 40.7 Å². The van der Waals surface area contributed by atoms with E-state index in [9.17, 15) is 0 Å². The van der Waals surface area contributed by atoms with Crippen LogP contribution in [-0.4, -0.2) is 6.54 Å². The van der Waals surface area contributed by atoms with Crippen LogP contribution in [0.4, 0.5) is 0 Å². The number of allylic oxidation sites excluding steroid dienone is 1. The predicted octanol–water partition coefficient (Wildman–Crippen LogP) is 3.51. The number of rotatable bonds is 4. The maximum Gasteiger partial charge on any atom is 0.105 e. The first-order valence-corrected chi connectivity index (χ1v) is 5.44. The number of nitrogens with one attached hydrogen (secondary N) is 1. The molecule has 0 aliphatic carbocycles. The van der Waals surface area contributed by atoms with Gasteiger partial charge in [0, 0.05) is 18.2 Å². The molecule has 0 radical (unpaired) electrons. The van der Waals surface area contributed by atoms with Gasteiger partial charge in [0.2, 0.25) is 0 Å². The van der Waals surface area contributed by atoms with Gasteiger partial charge in [0.15, 0.2) is 0 Å². The first-order chi connectivity index (χ1) is 7.00. The van der Waals surface area contributed by atoms with Gasteiger partial charge in [-0.3, -0.25) is 0 Å². The van der Waals surface area contributed by atoms with Crippen LogP contribution in [0.15, 0.2) is 22.1 Å². The zero-order valence-corrected chi connectivity index (χ0v) is 10.3. The zero-order valence-electron chi connectivity index (χ0n) is 10.3. The van der Waals surface area contributed by atoms with Gasteiger partial charge in [-0.1, -0.05) is 11.6 Å². The molecule has 1 aromatic heterocycles. The monoisotopic (exact) mass is 207 g/mol. The zero-order chi connectivity index (χ0) is 11.4. The van der Waals surface area contributed by atoms with Gasteiger partial charge in [-0.25, -0.2) is 0 Å². The van der Waals surface area contributed by atoms with E-state index in [1.807, 2.05) is 13.8 Å². The Morgan fingerprint density at radius 1 is 1.47 bits per heavy atom. The lowest BCUT2D eigenvalue weighted by molar-refractivity contribution is 0.493. The van der Waals surface area contributed by atoms with Crippen LogP contribution in [0.5, 0.6) is 0 Å². The molecular formula is C13H21NO. The van der Waals surface area contributed by atoms with Crippen LogP contribution in [-0.2, 0) is 0 Å². The minimum atomic E-state index is 0.345. The van der Waals surface area contributed by atoms with Crippen LogP contribution >= 0.6 is 0 Å². The summed E-state index contributed by atoms with van der Waals surface area (Å²) in [5.74, 6) is 2.00. The molecule has 0 fully saturated rings. The molecule has 0 aromatic carbocycles. The minimum Gasteiger partial charge on any atom is -0.466 e. The van der Waals surface area contributed by atoms with Crippen molar-refractivity contribution in [3.8, 4) is 0 Å². The van der Waals surface area contributed by atoms with E-state index >= 15 is 0 Å². The summed E-state index contributed by atoms with van der Waals surface area (Å²) in [6, 6.07) is 2.45. The Hall–Kier alpha value is -1.02. The molecule has 0 aliphatic rings. The molecule has 0 aliphatic heterocycles. The Balaban J connectivity index is 2.57. The van der Waals surface area contributed by atoms with Crippen LogP contribution in [0.25, 0.3) is 0 Å².